The quantitative estimate of drug-likeness (QED) is 0.633. The molecular weight excluding hydrogens is 280 g/mol. The number of aromatic nitrogens is 2. The van der Waals surface area contributed by atoms with Crippen LogP contribution in [0.5, 0.6) is 0 Å². The van der Waals surface area contributed by atoms with Gasteiger partial charge in [0.15, 0.2) is 5.82 Å². The highest BCUT2D eigenvalue weighted by atomic mass is 35.5. The fourth-order valence-electron chi connectivity index (χ4n) is 2.32. The molecule has 0 amide bonds. The maximum Gasteiger partial charge on any atom is 0.161 e. The Bertz CT molecular complexity index is 740. The molecule has 0 aliphatic heterocycles. The van der Waals surface area contributed by atoms with Crippen molar-refractivity contribution in [1.29, 1.82) is 0 Å². The van der Waals surface area contributed by atoms with Gasteiger partial charge in [0, 0.05) is 16.7 Å². The fraction of sp³-hybridized carbons (Fsp3) is 0.111. The van der Waals surface area contributed by atoms with Gasteiger partial charge in [-0.3, -0.25) is 0 Å². The summed E-state index contributed by atoms with van der Waals surface area (Å²) in [4.78, 5) is 9.20. The third-order valence-electron chi connectivity index (χ3n) is 3.39. The molecule has 0 atom stereocenters. The van der Waals surface area contributed by atoms with Crippen LogP contribution in [-0.4, -0.2) is 9.97 Å². The van der Waals surface area contributed by atoms with E-state index in [1.54, 1.807) is 0 Å². The van der Waals surface area contributed by atoms with Crippen LogP contribution in [0, 0.1) is 0 Å². The molecule has 2 nitrogen and oxygen atoms in total. The maximum absolute atomic E-state index is 6.38. The van der Waals surface area contributed by atoms with Crippen molar-refractivity contribution >= 4 is 11.6 Å². The molecule has 0 saturated carbocycles. The zero-order chi connectivity index (χ0) is 14.7. The normalized spacial score (nSPS) is 10.6. The topological polar surface area (TPSA) is 25.8 Å². The summed E-state index contributed by atoms with van der Waals surface area (Å²) >= 11 is 6.38. The molecular formula is C18H15ClN2. The number of halogens is 1. The van der Waals surface area contributed by atoms with Crippen LogP contribution < -0.4 is 0 Å². The van der Waals surface area contributed by atoms with Crippen molar-refractivity contribution < 1.29 is 0 Å². The molecule has 0 N–H and O–H groups in total. The predicted octanol–water partition coefficient (Wildman–Crippen LogP) is 5.03. The van der Waals surface area contributed by atoms with Gasteiger partial charge in [-0.15, -0.1) is 0 Å². The van der Waals surface area contributed by atoms with Crippen LogP contribution in [0.3, 0.4) is 0 Å². The summed E-state index contributed by atoms with van der Waals surface area (Å²) in [7, 11) is 0. The Kier molecular flexibility index (Phi) is 3.98. The smallest absolute Gasteiger partial charge is 0.161 e. The zero-order valence-corrected chi connectivity index (χ0v) is 12.5. The Balaban J connectivity index is 2.21. The summed E-state index contributed by atoms with van der Waals surface area (Å²) in [6, 6.07) is 20.0. The van der Waals surface area contributed by atoms with E-state index in [4.69, 9.17) is 16.6 Å². The van der Waals surface area contributed by atoms with Crippen LogP contribution in [0.25, 0.3) is 22.6 Å². The van der Waals surface area contributed by atoms with E-state index in [9.17, 15) is 0 Å². The fourth-order valence-corrected chi connectivity index (χ4v) is 2.62. The van der Waals surface area contributed by atoms with Gasteiger partial charge < -0.3 is 0 Å². The highest BCUT2D eigenvalue weighted by Crippen LogP contribution is 2.29. The van der Waals surface area contributed by atoms with Gasteiger partial charge in [-0.1, -0.05) is 79.2 Å². The summed E-state index contributed by atoms with van der Waals surface area (Å²) in [5, 5.41) is 0.533. The van der Waals surface area contributed by atoms with Gasteiger partial charge in [-0.2, -0.15) is 0 Å². The van der Waals surface area contributed by atoms with Crippen LogP contribution in [0.1, 0.15) is 12.5 Å². The molecule has 0 spiro atoms. The Morgan fingerprint density at radius 3 is 1.95 bits per heavy atom. The summed E-state index contributed by atoms with van der Waals surface area (Å²) in [6.45, 7) is 2.07. The first kappa shape index (κ1) is 13.8. The molecule has 21 heavy (non-hydrogen) atoms. The van der Waals surface area contributed by atoms with Crippen molar-refractivity contribution in [1.82, 2.24) is 9.97 Å². The van der Waals surface area contributed by atoms with Gasteiger partial charge in [0.1, 0.15) is 5.15 Å². The second kappa shape index (κ2) is 6.06. The lowest BCUT2D eigenvalue weighted by Crippen LogP contribution is -1.99. The summed E-state index contributed by atoms with van der Waals surface area (Å²) < 4.78 is 0. The van der Waals surface area contributed by atoms with E-state index in [0.29, 0.717) is 11.0 Å². The molecule has 3 rings (SSSR count). The highest BCUT2D eigenvalue weighted by molar-refractivity contribution is 6.30. The largest absolute Gasteiger partial charge is 0.228 e. The number of rotatable bonds is 3. The molecule has 3 heteroatoms. The standard InChI is InChI=1S/C18H15ClN2/c1-2-15-16(13-9-5-3-6-10-13)20-18(21-17(15)19)14-11-7-4-8-12-14/h3-12H,2H2,1H3. The summed E-state index contributed by atoms with van der Waals surface area (Å²) in [5.74, 6) is 0.664. The highest BCUT2D eigenvalue weighted by Gasteiger charge is 2.14. The van der Waals surface area contributed by atoms with Gasteiger partial charge in [0.05, 0.1) is 5.69 Å². The Hall–Kier alpha value is -2.19. The third-order valence-corrected chi connectivity index (χ3v) is 3.70. The molecule has 3 aromatic rings. The first-order chi connectivity index (χ1) is 10.3. The molecule has 0 radical (unpaired) electrons. The number of hydrogen-bond acceptors (Lipinski definition) is 2. The number of nitrogens with zero attached hydrogens (tertiary/aromatic N) is 2. The van der Waals surface area contributed by atoms with Crippen molar-refractivity contribution in [2.24, 2.45) is 0 Å². The van der Waals surface area contributed by atoms with E-state index in [2.05, 4.69) is 11.9 Å². The minimum absolute atomic E-state index is 0.533. The van der Waals surface area contributed by atoms with E-state index in [1.807, 2.05) is 60.7 Å². The molecule has 2 aromatic carbocycles. The minimum Gasteiger partial charge on any atom is -0.228 e. The Morgan fingerprint density at radius 2 is 1.38 bits per heavy atom. The lowest BCUT2D eigenvalue weighted by molar-refractivity contribution is 1.06. The van der Waals surface area contributed by atoms with Crippen LogP contribution in [0.15, 0.2) is 60.7 Å². The van der Waals surface area contributed by atoms with Gasteiger partial charge in [0.2, 0.25) is 0 Å². The third kappa shape index (κ3) is 2.81. The van der Waals surface area contributed by atoms with E-state index in [0.717, 1.165) is 28.8 Å². The van der Waals surface area contributed by atoms with Crippen LogP contribution in [0.2, 0.25) is 5.15 Å². The maximum atomic E-state index is 6.38. The molecule has 1 heterocycles. The molecule has 0 aliphatic carbocycles. The molecule has 104 valence electrons. The van der Waals surface area contributed by atoms with Gasteiger partial charge >= 0.3 is 0 Å². The molecule has 1 aromatic heterocycles. The number of hydrogen-bond donors (Lipinski definition) is 0. The first-order valence-electron chi connectivity index (χ1n) is 6.97. The minimum atomic E-state index is 0.533. The predicted molar refractivity (Wildman–Crippen MR) is 87.3 cm³/mol. The van der Waals surface area contributed by atoms with E-state index in [1.165, 1.54) is 0 Å². The molecule has 0 unspecified atom stereocenters. The van der Waals surface area contributed by atoms with Gasteiger partial charge in [-0.05, 0) is 6.42 Å². The van der Waals surface area contributed by atoms with Crippen molar-refractivity contribution in [3.63, 3.8) is 0 Å². The molecule has 0 aliphatic rings. The molecule has 0 bridgehead atoms. The van der Waals surface area contributed by atoms with Gasteiger partial charge in [-0.25, -0.2) is 9.97 Å². The molecule has 0 fully saturated rings. The molecule has 0 saturated heterocycles. The van der Waals surface area contributed by atoms with Crippen molar-refractivity contribution in [2.45, 2.75) is 13.3 Å². The van der Waals surface area contributed by atoms with Crippen LogP contribution in [-0.2, 0) is 6.42 Å². The summed E-state index contributed by atoms with van der Waals surface area (Å²) in [6.07, 6.45) is 0.804. The SMILES string of the molecule is CCc1c(Cl)nc(-c2ccccc2)nc1-c1ccccc1. The Morgan fingerprint density at radius 1 is 0.810 bits per heavy atom. The Labute approximate surface area is 129 Å². The summed E-state index contributed by atoms with van der Waals surface area (Å²) in [5.41, 5.74) is 3.94. The number of benzene rings is 2. The van der Waals surface area contributed by atoms with Gasteiger partial charge in [0.25, 0.3) is 0 Å². The monoisotopic (exact) mass is 294 g/mol. The first-order valence-corrected chi connectivity index (χ1v) is 7.34. The van der Waals surface area contributed by atoms with E-state index < -0.39 is 0 Å². The van der Waals surface area contributed by atoms with Crippen molar-refractivity contribution in [2.75, 3.05) is 0 Å². The lowest BCUT2D eigenvalue weighted by atomic mass is 10.0. The van der Waals surface area contributed by atoms with Crippen LogP contribution in [0.4, 0.5) is 0 Å². The van der Waals surface area contributed by atoms with Crippen molar-refractivity contribution in [3.8, 4) is 22.6 Å². The lowest BCUT2D eigenvalue weighted by Gasteiger charge is -2.11. The van der Waals surface area contributed by atoms with Crippen molar-refractivity contribution in [3.05, 3.63) is 71.4 Å². The van der Waals surface area contributed by atoms with E-state index in [-0.39, 0.29) is 0 Å². The average Bonchev–Trinajstić information content (AvgIpc) is 2.55. The zero-order valence-electron chi connectivity index (χ0n) is 11.8. The van der Waals surface area contributed by atoms with Crippen LogP contribution >= 0.6 is 11.6 Å². The van der Waals surface area contributed by atoms with E-state index >= 15 is 0 Å². The second-order valence-electron chi connectivity index (χ2n) is 4.75. The second-order valence-corrected chi connectivity index (χ2v) is 5.11. The average molecular weight is 295 g/mol.